The fourth-order valence-corrected chi connectivity index (χ4v) is 11.5. The second-order valence-corrected chi connectivity index (χ2v) is 23.5. The minimum absolute atomic E-state index is 0. The molecule has 0 unspecified atom stereocenters. The van der Waals surface area contributed by atoms with Gasteiger partial charge in [-0.3, -0.25) is 4.57 Å². The zero-order valence-corrected chi connectivity index (χ0v) is 52.9. The molecule has 0 spiro atoms. The normalized spacial score (nSPS) is 15.4. The van der Waals surface area contributed by atoms with Crippen molar-refractivity contribution in [2.75, 3.05) is 66.1 Å². The van der Waals surface area contributed by atoms with Crippen molar-refractivity contribution in [3.05, 3.63) is 157 Å². The molecule has 0 aliphatic carbocycles. The van der Waals surface area contributed by atoms with Gasteiger partial charge in [0.25, 0.3) is 0 Å². The molecule has 6 aromatic rings. The molecule has 5 fully saturated rings. The Morgan fingerprint density at radius 1 is 0.333 bits per heavy atom. The third-order valence-electron chi connectivity index (χ3n) is 15.7. The van der Waals surface area contributed by atoms with Crippen molar-refractivity contribution in [3.8, 4) is 11.4 Å². The summed E-state index contributed by atoms with van der Waals surface area (Å²) in [7, 11) is 0. The van der Waals surface area contributed by atoms with Crippen LogP contribution < -0.4 is 40.8 Å². The van der Waals surface area contributed by atoms with Gasteiger partial charge in [0.05, 0.1) is 11.4 Å². The predicted molar refractivity (Wildman–Crippen MR) is 316 cm³/mol. The molecule has 6 heterocycles. The maximum Gasteiger partial charge on any atom is 1.00 e. The number of nitrogens with zero attached hydrogens (tertiary/aromatic N) is 2. The molecule has 490 valence electrons. The molecular formula is C65H75BF15LiN2O5S. The van der Waals surface area contributed by atoms with Gasteiger partial charge >= 0.3 is 18.9 Å². The second kappa shape index (κ2) is 34.7. The Labute approximate surface area is 533 Å². The number of halogens is 15. The molecule has 0 saturated carbocycles. The summed E-state index contributed by atoms with van der Waals surface area (Å²) in [6.45, 7) is 23.0. The van der Waals surface area contributed by atoms with E-state index < -0.39 is 144 Å². The molecule has 5 aliphatic heterocycles. The first-order valence-corrected chi connectivity index (χ1v) is 30.4. The van der Waals surface area contributed by atoms with Crippen LogP contribution in [0.4, 0.5) is 65.9 Å². The van der Waals surface area contributed by atoms with Gasteiger partial charge in [0.15, 0.2) is 57.1 Å². The molecule has 0 amide bonds. The van der Waals surface area contributed by atoms with Gasteiger partial charge in [-0.25, -0.2) is 65.9 Å². The van der Waals surface area contributed by atoms with Crippen LogP contribution >= 0.6 is 12.2 Å². The number of hydrogen-bond acceptors (Lipinski definition) is 6. The first-order valence-electron chi connectivity index (χ1n) is 30.0. The molecule has 1 aromatic heterocycles. The van der Waals surface area contributed by atoms with Gasteiger partial charge in [0.1, 0.15) is 41.0 Å². The summed E-state index contributed by atoms with van der Waals surface area (Å²) in [5, 5.41) is 0. The number of imidazole rings is 1. The van der Waals surface area contributed by atoms with Crippen molar-refractivity contribution < 1.29 is 108 Å². The predicted octanol–water partition coefficient (Wildman–Crippen LogP) is 12.9. The van der Waals surface area contributed by atoms with Crippen molar-refractivity contribution in [1.82, 2.24) is 9.13 Å². The average Bonchev–Trinajstić information content (AvgIpc) is 1.58. The van der Waals surface area contributed by atoms with Crippen molar-refractivity contribution in [2.24, 2.45) is 0 Å². The average molecular weight is 1300 g/mol. The fraction of sp³-hybridized carbons (Fsp3) is 0.492. The van der Waals surface area contributed by atoms with E-state index in [-0.39, 0.29) is 41.4 Å². The maximum absolute atomic E-state index is 17.0. The molecule has 7 nitrogen and oxygen atoms in total. The van der Waals surface area contributed by atoms with Gasteiger partial charge in [0, 0.05) is 66.1 Å². The molecular weight excluding hydrogens is 1220 g/mol. The van der Waals surface area contributed by atoms with Gasteiger partial charge in [0.2, 0.25) is 0 Å². The van der Waals surface area contributed by atoms with E-state index >= 15 is 52.7 Å². The summed E-state index contributed by atoms with van der Waals surface area (Å²) in [5.74, 6) is -48.6. The maximum atomic E-state index is 17.0. The number of rotatable bonds is 10. The van der Waals surface area contributed by atoms with Crippen LogP contribution in [0, 0.1) is 92.0 Å². The number of hydrogen-bond donors (Lipinski definition) is 0. The van der Waals surface area contributed by atoms with Crippen molar-refractivity contribution in [2.45, 2.75) is 143 Å². The molecule has 5 aliphatic rings. The summed E-state index contributed by atoms with van der Waals surface area (Å²) < 4.78 is 267. The van der Waals surface area contributed by atoms with Crippen LogP contribution in [-0.2, 0) is 23.7 Å². The molecule has 25 heteroatoms. The molecule has 11 rings (SSSR count). The summed E-state index contributed by atoms with van der Waals surface area (Å²) in [6.07, 6.45) is 7.09. The first kappa shape index (κ1) is 75.7. The van der Waals surface area contributed by atoms with Crippen molar-refractivity contribution in [3.63, 3.8) is 0 Å². The Morgan fingerprint density at radius 2 is 0.533 bits per heavy atom. The first-order chi connectivity index (χ1) is 42.3. The van der Waals surface area contributed by atoms with Gasteiger partial charge in [-0.1, -0.05) is 91.8 Å². The van der Waals surface area contributed by atoms with Gasteiger partial charge < -0.3 is 28.3 Å². The zero-order valence-electron chi connectivity index (χ0n) is 52.1. The summed E-state index contributed by atoms with van der Waals surface area (Å²) >= 11 is 6.04. The SMILES string of the molecule is C1CCOC1.C1CCOC1.C1CCOC1.C1CCOC1.C1CCOC1.CC(C)c1cccc(C(C)C)c1-n1cc([B-](c2c(F)c(F)c(F)c(F)c2F)(c2c(F)c(F)c(F)c(F)c2F)c2c(F)c(F)c(F)c(F)c2F)n(-c2c(C(C)C)cccc2C(C)C)c1=S.[Li+]. The number of aromatic nitrogens is 2. The molecule has 5 aromatic carbocycles. The Kier molecular flexibility index (Phi) is 29.2. The van der Waals surface area contributed by atoms with E-state index in [1.165, 1.54) is 82.4 Å². The smallest absolute Gasteiger partial charge is 0.381 e. The Balaban J connectivity index is 0.000000462. The standard InChI is InChI=1S/C45H35BF15N2S.5C4H8O.Li/c1-16(2)20-11-9-12-21(17(3)4)43(20)62-15-24(63(45(62)64)44-22(18(5)6)13-10-14-23(44)19(7)8)46(25-28(47)34(53)40(59)35(54)29(25)48,26-30(49)36(55)41(60)37(56)31(26)50)27-32(51)38(57)42(61)39(58)33(27)52;5*1-2-4-5-3-1;/h9-19H,1-8H3;5*1-4H2;/q-1;;;;;;+1. The van der Waals surface area contributed by atoms with Crippen LogP contribution in [0.5, 0.6) is 0 Å². The van der Waals surface area contributed by atoms with Gasteiger partial charge in [-0.05, 0) is 129 Å². The molecule has 90 heavy (non-hydrogen) atoms. The van der Waals surface area contributed by atoms with Gasteiger partial charge in [-0.2, -0.15) is 0 Å². The molecule has 5 saturated heterocycles. The van der Waals surface area contributed by atoms with E-state index in [0.29, 0.717) is 21.9 Å². The fourth-order valence-electron chi connectivity index (χ4n) is 11.1. The Morgan fingerprint density at radius 3 is 0.722 bits per heavy atom. The third kappa shape index (κ3) is 16.5. The summed E-state index contributed by atoms with van der Waals surface area (Å²) in [6, 6.07) is 9.05. The van der Waals surface area contributed by atoms with Crippen LogP contribution in [0.2, 0.25) is 0 Å². The molecule has 0 bridgehead atoms. The van der Waals surface area contributed by atoms with E-state index in [1.807, 2.05) is 0 Å². The zero-order chi connectivity index (χ0) is 65.6. The monoisotopic (exact) mass is 1300 g/mol. The quantitative estimate of drug-likeness (QED) is 0.0448. The van der Waals surface area contributed by atoms with Crippen molar-refractivity contribution in [1.29, 1.82) is 0 Å². The van der Waals surface area contributed by atoms with E-state index in [0.717, 1.165) is 70.6 Å². The van der Waals surface area contributed by atoms with Crippen LogP contribution in [-0.4, -0.2) is 81.3 Å². The van der Waals surface area contributed by atoms with Crippen LogP contribution in [0.15, 0.2) is 42.6 Å². The van der Waals surface area contributed by atoms with Gasteiger partial charge in [-0.15, -0.1) is 22.0 Å². The van der Waals surface area contributed by atoms with E-state index in [1.54, 1.807) is 73.6 Å². The second-order valence-electron chi connectivity index (χ2n) is 23.1. The minimum atomic E-state index is -6.23. The molecule has 0 atom stereocenters. The van der Waals surface area contributed by atoms with E-state index in [2.05, 4.69) is 0 Å². The van der Waals surface area contributed by atoms with Crippen LogP contribution in [0.1, 0.15) is 166 Å². The Hall–Kier alpha value is -5.06. The minimum Gasteiger partial charge on any atom is -0.381 e. The van der Waals surface area contributed by atoms with Crippen LogP contribution in [0.25, 0.3) is 11.4 Å². The molecule has 0 N–H and O–H groups in total. The van der Waals surface area contributed by atoms with E-state index in [9.17, 15) is 13.2 Å². The van der Waals surface area contributed by atoms with E-state index in [4.69, 9.17) is 35.9 Å². The largest absolute Gasteiger partial charge is 1.00 e. The molecule has 0 radical (unpaired) electrons. The van der Waals surface area contributed by atoms with Crippen LogP contribution in [0.3, 0.4) is 0 Å². The topological polar surface area (TPSA) is 56.0 Å². The third-order valence-corrected chi connectivity index (χ3v) is 16.1. The summed E-state index contributed by atoms with van der Waals surface area (Å²) in [5.41, 5.74) is -9.01. The number of benzene rings is 5. The number of ether oxygens (including phenoxy) is 5. The Bertz CT molecular complexity index is 3030. The number of para-hydroxylation sites is 2. The summed E-state index contributed by atoms with van der Waals surface area (Å²) in [4.78, 5) is 0. The van der Waals surface area contributed by atoms with Crippen molar-refractivity contribution >= 4 is 40.3 Å².